The Morgan fingerprint density at radius 1 is 1.39 bits per heavy atom. The van der Waals surface area contributed by atoms with Crippen molar-refractivity contribution < 1.29 is 9.53 Å². The number of hydrogen-bond acceptors (Lipinski definition) is 3. The normalized spacial score (nSPS) is 24.1. The minimum atomic E-state index is 0.0352. The molecule has 2 unspecified atom stereocenters. The van der Waals surface area contributed by atoms with Crippen molar-refractivity contribution in [2.75, 3.05) is 18.9 Å². The Hall–Kier alpha value is -1.55. The smallest absolute Gasteiger partial charge is 0.254 e. The van der Waals surface area contributed by atoms with E-state index in [4.69, 9.17) is 10.5 Å². The fourth-order valence-corrected chi connectivity index (χ4v) is 2.29. The highest BCUT2D eigenvalue weighted by molar-refractivity contribution is 5.95. The largest absolute Gasteiger partial charge is 0.399 e. The lowest BCUT2D eigenvalue weighted by molar-refractivity contribution is -0.0387. The van der Waals surface area contributed by atoms with Crippen LogP contribution in [0.2, 0.25) is 0 Å². The van der Waals surface area contributed by atoms with Gasteiger partial charge in [-0.2, -0.15) is 0 Å². The van der Waals surface area contributed by atoms with Gasteiger partial charge in [-0.3, -0.25) is 4.79 Å². The highest BCUT2D eigenvalue weighted by Crippen LogP contribution is 2.18. The number of ether oxygens (including phenoxy) is 1. The summed E-state index contributed by atoms with van der Waals surface area (Å²) in [4.78, 5) is 14.3. The van der Waals surface area contributed by atoms with E-state index in [-0.39, 0.29) is 18.1 Å². The summed E-state index contributed by atoms with van der Waals surface area (Å²) >= 11 is 0. The molecule has 0 aromatic heterocycles. The third-order valence-electron chi connectivity index (χ3n) is 3.22. The first-order valence-corrected chi connectivity index (χ1v) is 6.27. The molecule has 0 spiro atoms. The van der Waals surface area contributed by atoms with Gasteiger partial charge in [0.25, 0.3) is 5.91 Å². The molecule has 1 aliphatic heterocycles. The number of carbonyl (C=O) groups is 1. The van der Waals surface area contributed by atoms with Gasteiger partial charge in [0.1, 0.15) is 0 Å². The van der Waals surface area contributed by atoms with Gasteiger partial charge in [0.2, 0.25) is 0 Å². The number of morpholine rings is 1. The second-order valence-electron chi connectivity index (χ2n) is 5.08. The van der Waals surface area contributed by atoms with E-state index in [1.165, 1.54) is 0 Å². The highest BCUT2D eigenvalue weighted by Gasteiger charge is 2.28. The number of amides is 1. The van der Waals surface area contributed by atoms with Crippen LogP contribution in [0.4, 0.5) is 5.69 Å². The number of hydrogen-bond donors (Lipinski definition) is 1. The molecule has 4 nitrogen and oxygen atoms in total. The predicted molar refractivity (Wildman–Crippen MR) is 71.5 cm³/mol. The number of carbonyl (C=O) groups excluding carboxylic acids is 1. The first kappa shape index (κ1) is 12.9. The van der Waals surface area contributed by atoms with Crippen LogP contribution in [0.15, 0.2) is 18.2 Å². The van der Waals surface area contributed by atoms with E-state index in [0.29, 0.717) is 24.4 Å². The number of nitrogens with zero attached hydrogens (tertiary/aromatic N) is 1. The van der Waals surface area contributed by atoms with Gasteiger partial charge >= 0.3 is 0 Å². The van der Waals surface area contributed by atoms with Crippen molar-refractivity contribution in [3.05, 3.63) is 29.3 Å². The quantitative estimate of drug-likeness (QED) is 0.771. The van der Waals surface area contributed by atoms with Crippen molar-refractivity contribution in [3.63, 3.8) is 0 Å². The molecule has 1 aliphatic rings. The Balaban J connectivity index is 2.24. The van der Waals surface area contributed by atoms with Crippen LogP contribution in [0, 0.1) is 6.92 Å². The fourth-order valence-electron chi connectivity index (χ4n) is 2.29. The van der Waals surface area contributed by atoms with Gasteiger partial charge in [-0.25, -0.2) is 0 Å². The first-order chi connectivity index (χ1) is 8.47. The van der Waals surface area contributed by atoms with Gasteiger partial charge in [-0.05, 0) is 44.5 Å². The van der Waals surface area contributed by atoms with Crippen LogP contribution >= 0.6 is 0 Å². The van der Waals surface area contributed by atoms with Crippen LogP contribution in [0.25, 0.3) is 0 Å². The summed E-state index contributed by atoms with van der Waals surface area (Å²) in [5, 5.41) is 0. The molecule has 1 amide bonds. The molecule has 2 atom stereocenters. The molecule has 98 valence electrons. The molecule has 1 fully saturated rings. The number of nitrogen functional groups attached to an aromatic ring is 1. The molecule has 1 aromatic rings. The minimum absolute atomic E-state index is 0.0352. The SMILES string of the molecule is Cc1cc(N)cc(C(=O)N2CC(C)OCC2C)c1. The molecular weight excluding hydrogens is 228 g/mol. The second-order valence-corrected chi connectivity index (χ2v) is 5.08. The maximum absolute atomic E-state index is 12.5. The van der Waals surface area contributed by atoms with Crippen molar-refractivity contribution in [3.8, 4) is 0 Å². The third-order valence-corrected chi connectivity index (χ3v) is 3.22. The van der Waals surface area contributed by atoms with Gasteiger partial charge in [0.05, 0.1) is 18.8 Å². The van der Waals surface area contributed by atoms with E-state index >= 15 is 0 Å². The molecule has 2 N–H and O–H groups in total. The lowest BCUT2D eigenvalue weighted by atomic mass is 10.1. The van der Waals surface area contributed by atoms with E-state index in [9.17, 15) is 4.79 Å². The molecule has 0 radical (unpaired) electrons. The van der Waals surface area contributed by atoms with E-state index in [1.807, 2.05) is 37.8 Å². The molecular formula is C14H20N2O2. The van der Waals surface area contributed by atoms with Crippen LogP contribution in [0.5, 0.6) is 0 Å². The Labute approximate surface area is 108 Å². The number of rotatable bonds is 1. The summed E-state index contributed by atoms with van der Waals surface area (Å²) in [5.74, 6) is 0.0352. The maximum Gasteiger partial charge on any atom is 0.254 e. The summed E-state index contributed by atoms with van der Waals surface area (Å²) in [5.41, 5.74) is 8.09. The molecule has 0 aliphatic carbocycles. The van der Waals surface area contributed by atoms with Crippen LogP contribution in [0.3, 0.4) is 0 Å². The van der Waals surface area contributed by atoms with Crippen molar-refractivity contribution in [1.82, 2.24) is 4.90 Å². The Kier molecular flexibility index (Phi) is 3.57. The molecule has 4 heteroatoms. The maximum atomic E-state index is 12.5. The molecule has 0 bridgehead atoms. The molecule has 1 saturated heterocycles. The molecule has 1 aromatic carbocycles. The van der Waals surface area contributed by atoms with Crippen molar-refractivity contribution >= 4 is 11.6 Å². The standard InChI is InChI=1S/C14H20N2O2/c1-9-4-12(6-13(15)5-9)14(17)16-7-11(3)18-8-10(16)2/h4-6,10-11H,7-8,15H2,1-3H3. The van der Waals surface area contributed by atoms with E-state index in [1.54, 1.807) is 6.07 Å². The van der Waals surface area contributed by atoms with Crippen LogP contribution < -0.4 is 5.73 Å². The summed E-state index contributed by atoms with van der Waals surface area (Å²) in [7, 11) is 0. The van der Waals surface area contributed by atoms with Gasteiger partial charge in [-0.1, -0.05) is 0 Å². The fraction of sp³-hybridized carbons (Fsp3) is 0.500. The lowest BCUT2D eigenvalue weighted by Gasteiger charge is -2.37. The molecule has 2 rings (SSSR count). The van der Waals surface area contributed by atoms with Gasteiger partial charge in [-0.15, -0.1) is 0 Å². The molecule has 18 heavy (non-hydrogen) atoms. The van der Waals surface area contributed by atoms with Crippen molar-refractivity contribution in [1.29, 1.82) is 0 Å². The van der Waals surface area contributed by atoms with E-state index < -0.39 is 0 Å². The predicted octanol–water partition coefficient (Wildman–Crippen LogP) is 1.83. The van der Waals surface area contributed by atoms with E-state index in [2.05, 4.69) is 0 Å². The average Bonchev–Trinajstić information content (AvgIpc) is 2.30. The topological polar surface area (TPSA) is 55.6 Å². The minimum Gasteiger partial charge on any atom is -0.399 e. The van der Waals surface area contributed by atoms with Crippen LogP contribution in [-0.2, 0) is 4.74 Å². The zero-order valence-corrected chi connectivity index (χ0v) is 11.1. The summed E-state index contributed by atoms with van der Waals surface area (Å²) in [6, 6.07) is 5.59. The number of aryl methyl sites for hydroxylation is 1. The highest BCUT2D eigenvalue weighted by atomic mass is 16.5. The van der Waals surface area contributed by atoms with Crippen LogP contribution in [0.1, 0.15) is 29.8 Å². The zero-order chi connectivity index (χ0) is 13.3. The Morgan fingerprint density at radius 2 is 2.11 bits per heavy atom. The summed E-state index contributed by atoms with van der Waals surface area (Å²) in [6.07, 6.45) is 0.0901. The van der Waals surface area contributed by atoms with Crippen molar-refractivity contribution in [2.45, 2.75) is 32.9 Å². The van der Waals surface area contributed by atoms with Gasteiger partial charge in [0.15, 0.2) is 0 Å². The molecule has 0 saturated carbocycles. The van der Waals surface area contributed by atoms with Crippen molar-refractivity contribution in [2.24, 2.45) is 0 Å². The van der Waals surface area contributed by atoms with Crippen LogP contribution in [-0.4, -0.2) is 36.1 Å². The Bertz CT molecular complexity index is 439. The molecule has 1 heterocycles. The number of anilines is 1. The number of benzene rings is 1. The average molecular weight is 248 g/mol. The summed E-state index contributed by atoms with van der Waals surface area (Å²) < 4.78 is 5.54. The second kappa shape index (κ2) is 4.98. The first-order valence-electron chi connectivity index (χ1n) is 6.27. The number of nitrogens with two attached hydrogens (primary N) is 1. The van der Waals surface area contributed by atoms with E-state index in [0.717, 1.165) is 5.56 Å². The Morgan fingerprint density at radius 3 is 2.78 bits per heavy atom. The monoisotopic (exact) mass is 248 g/mol. The van der Waals surface area contributed by atoms with Gasteiger partial charge in [0, 0.05) is 17.8 Å². The van der Waals surface area contributed by atoms with Gasteiger partial charge < -0.3 is 15.4 Å². The summed E-state index contributed by atoms with van der Waals surface area (Å²) in [6.45, 7) is 7.15. The third kappa shape index (κ3) is 2.64. The lowest BCUT2D eigenvalue weighted by Crippen LogP contribution is -2.50. The zero-order valence-electron chi connectivity index (χ0n) is 11.1.